The molecule has 0 saturated carbocycles. The fourth-order valence-corrected chi connectivity index (χ4v) is 4.01. The Balaban J connectivity index is 1.52. The standard InChI is InChI=1S/C21H26N6O2/c1-14-3-4-17(29-2)16(11-14)12-18(28)26-9-5-15(13-26)19-20-21(24-8-7-23-20)27(25-19)10-6-22/h3-4,7-8,11,15H,5-6,9-10,12-13,22H2,1-2H3/t15-/m0/s1. The fraction of sp³-hybridized carbons (Fsp3) is 0.429. The molecule has 0 aliphatic carbocycles. The molecular formula is C21H26N6O2. The van der Waals surface area contributed by atoms with Gasteiger partial charge in [0.25, 0.3) is 0 Å². The Morgan fingerprint density at radius 2 is 2.14 bits per heavy atom. The molecule has 1 aliphatic rings. The van der Waals surface area contributed by atoms with E-state index in [-0.39, 0.29) is 11.8 Å². The number of benzene rings is 1. The topological polar surface area (TPSA) is 99.2 Å². The number of methoxy groups -OCH3 is 1. The van der Waals surface area contributed by atoms with Crippen LogP contribution in [-0.4, -0.2) is 57.3 Å². The number of nitrogens with two attached hydrogens (primary N) is 1. The Bertz CT molecular complexity index is 1030. The van der Waals surface area contributed by atoms with Crippen LogP contribution in [0.2, 0.25) is 0 Å². The summed E-state index contributed by atoms with van der Waals surface area (Å²) in [6, 6.07) is 5.92. The molecule has 3 heterocycles. The molecule has 1 fully saturated rings. The van der Waals surface area contributed by atoms with E-state index in [0.29, 0.717) is 32.6 Å². The van der Waals surface area contributed by atoms with Gasteiger partial charge in [-0.1, -0.05) is 17.7 Å². The van der Waals surface area contributed by atoms with Crippen LogP contribution in [-0.2, 0) is 17.8 Å². The number of carbonyl (C=O) groups is 1. The van der Waals surface area contributed by atoms with E-state index in [1.54, 1.807) is 19.5 Å². The number of likely N-dealkylation sites (tertiary alicyclic amines) is 1. The van der Waals surface area contributed by atoms with Gasteiger partial charge in [0.1, 0.15) is 11.3 Å². The monoisotopic (exact) mass is 394 g/mol. The summed E-state index contributed by atoms with van der Waals surface area (Å²) in [7, 11) is 1.63. The van der Waals surface area contributed by atoms with Gasteiger partial charge in [0.05, 0.1) is 25.8 Å². The molecule has 0 spiro atoms. The van der Waals surface area contributed by atoms with Crippen molar-refractivity contribution in [2.75, 3.05) is 26.7 Å². The summed E-state index contributed by atoms with van der Waals surface area (Å²) in [6.45, 7) is 4.45. The number of ether oxygens (including phenoxy) is 1. The summed E-state index contributed by atoms with van der Waals surface area (Å²) in [5.74, 6) is 1.01. The number of amides is 1. The largest absolute Gasteiger partial charge is 0.496 e. The van der Waals surface area contributed by atoms with Crippen LogP contribution >= 0.6 is 0 Å². The molecular weight excluding hydrogens is 368 g/mol. The molecule has 0 bridgehead atoms. The minimum Gasteiger partial charge on any atom is -0.496 e. The Hall–Kier alpha value is -3.00. The molecule has 1 amide bonds. The SMILES string of the molecule is COc1ccc(C)cc1CC(=O)N1CC[C@H](c2nn(CCN)c3nccnc23)C1. The highest BCUT2D eigenvalue weighted by Crippen LogP contribution is 2.31. The van der Waals surface area contributed by atoms with Crippen LogP contribution in [0.25, 0.3) is 11.2 Å². The first-order valence-electron chi connectivity index (χ1n) is 9.89. The zero-order chi connectivity index (χ0) is 20.4. The molecule has 1 atom stereocenters. The summed E-state index contributed by atoms with van der Waals surface area (Å²) in [6.07, 6.45) is 4.55. The summed E-state index contributed by atoms with van der Waals surface area (Å²) in [5.41, 5.74) is 10.2. The maximum atomic E-state index is 12.9. The highest BCUT2D eigenvalue weighted by atomic mass is 16.5. The minimum absolute atomic E-state index is 0.105. The summed E-state index contributed by atoms with van der Waals surface area (Å²) in [5, 5.41) is 4.73. The van der Waals surface area contributed by atoms with Crippen LogP contribution in [0.15, 0.2) is 30.6 Å². The first-order chi connectivity index (χ1) is 14.1. The highest BCUT2D eigenvalue weighted by Gasteiger charge is 2.31. The maximum absolute atomic E-state index is 12.9. The Labute approximate surface area is 169 Å². The molecule has 2 aromatic heterocycles. The van der Waals surface area contributed by atoms with Gasteiger partial charge >= 0.3 is 0 Å². The summed E-state index contributed by atoms with van der Waals surface area (Å²) < 4.78 is 7.24. The first-order valence-corrected chi connectivity index (χ1v) is 9.89. The molecule has 152 valence electrons. The van der Waals surface area contributed by atoms with E-state index in [9.17, 15) is 4.79 Å². The Morgan fingerprint density at radius 3 is 2.93 bits per heavy atom. The molecule has 1 aromatic carbocycles. The summed E-state index contributed by atoms with van der Waals surface area (Å²) in [4.78, 5) is 23.8. The number of fused-ring (bicyclic) bond motifs is 1. The molecule has 1 aliphatic heterocycles. The molecule has 3 aromatic rings. The Kier molecular flexibility index (Phi) is 5.44. The minimum atomic E-state index is 0.105. The fourth-order valence-electron chi connectivity index (χ4n) is 4.01. The van der Waals surface area contributed by atoms with Crippen LogP contribution in [0.4, 0.5) is 0 Å². The van der Waals surface area contributed by atoms with Gasteiger partial charge in [-0.2, -0.15) is 5.10 Å². The van der Waals surface area contributed by atoms with Crippen molar-refractivity contribution in [3.05, 3.63) is 47.4 Å². The molecule has 4 rings (SSSR count). The molecule has 2 N–H and O–H groups in total. The van der Waals surface area contributed by atoms with Gasteiger partial charge in [-0.15, -0.1) is 0 Å². The van der Waals surface area contributed by atoms with E-state index >= 15 is 0 Å². The molecule has 8 nitrogen and oxygen atoms in total. The van der Waals surface area contributed by atoms with Crippen LogP contribution in [0, 0.1) is 6.92 Å². The second-order valence-corrected chi connectivity index (χ2v) is 7.44. The number of hydrogen-bond acceptors (Lipinski definition) is 6. The van der Waals surface area contributed by atoms with E-state index in [1.165, 1.54) is 0 Å². The molecule has 0 unspecified atom stereocenters. The van der Waals surface area contributed by atoms with Gasteiger partial charge in [-0.3, -0.25) is 4.79 Å². The number of nitrogens with zero attached hydrogens (tertiary/aromatic N) is 5. The average molecular weight is 394 g/mol. The third-order valence-electron chi connectivity index (χ3n) is 5.44. The van der Waals surface area contributed by atoms with E-state index in [4.69, 9.17) is 15.6 Å². The van der Waals surface area contributed by atoms with Crippen LogP contribution in [0.3, 0.4) is 0 Å². The van der Waals surface area contributed by atoms with Gasteiger partial charge in [0.15, 0.2) is 5.65 Å². The molecule has 1 saturated heterocycles. The van der Waals surface area contributed by atoms with Gasteiger partial charge in [0.2, 0.25) is 5.91 Å². The zero-order valence-corrected chi connectivity index (χ0v) is 16.8. The van der Waals surface area contributed by atoms with E-state index in [2.05, 4.69) is 9.97 Å². The molecule has 8 heteroatoms. The van der Waals surface area contributed by atoms with Crippen LogP contribution < -0.4 is 10.5 Å². The van der Waals surface area contributed by atoms with Gasteiger partial charge in [-0.25, -0.2) is 14.6 Å². The smallest absolute Gasteiger partial charge is 0.227 e. The normalized spacial score (nSPS) is 16.5. The Morgan fingerprint density at radius 1 is 1.31 bits per heavy atom. The van der Waals surface area contributed by atoms with Crippen LogP contribution in [0.1, 0.15) is 29.2 Å². The van der Waals surface area contributed by atoms with Crippen molar-refractivity contribution in [2.24, 2.45) is 5.73 Å². The average Bonchev–Trinajstić information content (AvgIpc) is 3.34. The van der Waals surface area contributed by atoms with Gasteiger partial charge in [0, 0.05) is 43.5 Å². The van der Waals surface area contributed by atoms with Crippen molar-refractivity contribution in [2.45, 2.75) is 32.2 Å². The molecule has 0 radical (unpaired) electrons. The number of rotatable bonds is 6. The second kappa shape index (κ2) is 8.16. The lowest BCUT2D eigenvalue weighted by molar-refractivity contribution is -0.129. The predicted octanol–water partition coefficient (Wildman–Crippen LogP) is 1.66. The quantitative estimate of drug-likeness (QED) is 0.683. The van der Waals surface area contributed by atoms with Gasteiger partial charge in [-0.05, 0) is 19.4 Å². The third kappa shape index (κ3) is 3.80. The third-order valence-corrected chi connectivity index (χ3v) is 5.44. The zero-order valence-electron chi connectivity index (χ0n) is 16.8. The first kappa shape index (κ1) is 19.3. The van der Waals surface area contributed by atoms with E-state index < -0.39 is 0 Å². The van der Waals surface area contributed by atoms with E-state index in [0.717, 1.165) is 40.2 Å². The van der Waals surface area contributed by atoms with Crippen LogP contribution in [0.5, 0.6) is 5.75 Å². The number of aromatic nitrogens is 4. The van der Waals surface area contributed by atoms with Gasteiger partial charge < -0.3 is 15.4 Å². The number of carbonyl (C=O) groups excluding carboxylic acids is 1. The van der Waals surface area contributed by atoms with E-state index in [1.807, 2.05) is 34.7 Å². The lowest BCUT2D eigenvalue weighted by atomic mass is 10.0. The molecule has 29 heavy (non-hydrogen) atoms. The van der Waals surface area contributed by atoms with Crippen molar-refractivity contribution in [3.8, 4) is 5.75 Å². The number of aryl methyl sites for hydroxylation is 1. The second-order valence-electron chi connectivity index (χ2n) is 7.44. The number of hydrogen-bond donors (Lipinski definition) is 1. The highest BCUT2D eigenvalue weighted by molar-refractivity contribution is 5.80. The van der Waals surface area contributed by atoms with Crippen molar-refractivity contribution in [3.63, 3.8) is 0 Å². The van der Waals surface area contributed by atoms with Crippen molar-refractivity contribution < 1.29 is 9.53 Å². The lowest BCUT2D eigenvalue weighted by Gasteiger charge is -2.17. The predicted molar refractivity (Wildman–Crippen MR) is 110 cm³/mol. The van der Waals surface area contributed by atoms with Crippen molar-refractivity contribution >= 4 is 17.1 Å². The summed E-state index contributed by atoms with van der Waals surface area (Å²) >= 11 is 0. The van der Waals surface area contributed by atoms with Crippen molar-refractivity contribution in [1.29, 1.82) is 0 Å². The van der Waals surface area contributed by atoms with Crippen molar-refractivity contribution in [1.82, 2.24) is 24.6 Å². The maximum Gasteiger partial charge on any atom is 0.227 e. The lowest BCUT2D eigenvalue weighted by Crippen LogP contribution is -2.30.